The highest BCUT2D eigenvalue weighted by molar-refractivity contribution is 7.57. The van der Waals surface area contributed by atoms with Crippen LogP contribution in [-0.2, 0) is 13.8 Å². The van der Waals surface area contributed by atoms with Crippen LogP contribution in [-0.4, -0.2) is 25.7 Å². The van der Waals surface area contributed by atoms with Gasteiger partial charge in [-0.1, -0.05) is 5.92 Å². The van der Waals surface area contributed by atoms with E-state index in [4.69, 9.17) is 15.7 Å². The van der Waals surface area contributed by atoms with Crippen molar-refractivity contribution in [2.75, 3.05) is 20.1 Å². The van der Waals surface area contributed by atoms with Gasteiger partial charge in [-0.2, -0.15) is 0 Å². The van der Waals surface area contributed by atoms with E-state index in [0.29, 0.717) is 0 Å². The topological polar surface area (TPSA) is 35.5 Å². The Labute approximate surface area is 73.9 Å². The van der Waals surface area contributed by atoms with Crippen molar-refractivity contribution in [1.82, 2.24) is 0 Å². The van der Waals surface area contributed by atoms with Crippen molar-refractivity contribution < 1.29 is 13.8 Å². The Morgan fingerprint density at radius 3 is 2.42 bits per heavy atom. The van der Waals surface area contributed by atoms with Crippen LogP contribution in [0, 0.1) is 12.3 Å². The van der Waals surface area contributed by atoms with Gasteiger partial charge in [-0.25, -0.2) is 0 Å². The summed E-state index contributed by atoms with van der Waals surface area (Å²) >= 11 is 0. The molecule has 0 aromatic rings. The van der Waals surface area contributed by atoms with Crippen LogP contribution in [0.2, 0.25) is 0 Å². The molecule has 1 atom stereocenters. The minimum absolute atomic E-state index is 0.0562. The van der Waals surface area contributed by atoms with E-state index >= 15 is 0 Å². The van der Waals surface area contributed by atoms with Crippen LogP contribution in [0.5, 0.6) is 0 Å². The molecule has 0 N–H and O–H groups in total. The average molecular weight is 190 g/mol. The van der Waals surface area contributed by atoms with E-state index < -0.39 is 13.0 Å². The summed E-state index contributed by atoms with van der Waals surface area (Å²) in [6, 6.07) is 0. The van der Waals surface area contributed by atoms with Crippen LogP contribution in [0.1, 0.15) is 13.8 Å². The highest BCUT2D eigenvalue weighted by Gasteiger charge is 2.21. The normalized spacial score (nSPS) is 16.6. The molecule has 4 heteroatoms. The molecule has 0 aliphatic heterocycles. The Kier molecular flexibility index (Phi) is 3.99. The number of ether oxygens (including phenoxy) is 1. The lowest BCUT2D eigenvalue weighted by molar-refractivity contribution is 0.0532. The summed E-state index contributed by atoms with van der Waals surface area (Å²) in [7, 11) is -1.20. The van der Waals surface area contributed by atoms with Gasteiger partial charge < -0.3 is 9.26 Å². The fourth-order valence-corrected chi connectivity index (χ4v) is 1.04. The molecule has 70 valence electrons. The predicted octanol–water partition coefficient (Wildman–Crippen LogP) is 1.93. The third-order valence-corrected chi connectivity index (χ3v) is 2.76. The van der Waals surface area contributed by atoms with Gasteiger partial charge in [-0.15, -0.1) is 6.42 Å². The lowest BCUT2D eigenvalue weighted by Gasteiger charge is -2.20. The summed E-state index contributed by atoms with van der Waals surface area (Å²) in [4.78, 5) is 0. The molecule has 0 heterocycles. The van der Waals surface area contributed by atoms with E-state index in [2.05, 4.69) is 5.92 Å². The van der Waals surface area contributed by atoms with Crippen molar-refractivity contribution in [3.8, 4) is 12.3 Å². The van der Waals surface area contributed by atoms with Gasteiger partial charge in [-0.05, 0) is 13.8 Å². The van der Waals surface area contributed by atoms with E-state index in [-0.39, 0.29) is 6.35 Å². The highest BCUT2D eigenvalue weighted by atomic mass is 31.2. The van der Waals surface area contributed by atoms with Crippen LogP contribution in [0.4, 0.5) is 0 Å². The molecule has 0 saturated carbocycles. The fraction of sp³-hybridized carbons (Fsp3) is 0.750. The molecule has 0 fully saturated rings. The molecule has 0 rings (SSSR count). The monoisotopic (exact) mass is 190 g/mol. The van der Waals surface area contributed by atoms with Crippen LogP contribution in [0.25, 0.3) is 0 Å². The fourth-order valence-electron chi connectivity index (χ4n) is 0.373. The summed E-state index contributed by atoms with van der Waals surface area (Å²) in [5.41, 5.74) is -0.676. The number of hydrogen-bond acceptors (Lipinski definition) is 3. The number of rotatable bonds is 4. The largest absolute Gasteiger partial charge is 0.353 e. The summed E-state index contributed by atoms with van der Waals surface area (Å²) < 4.78 is 21.3. The van der Waals surface area contributed by atoms with Gasteiger partial charge in [0.2, 0.25) is 7.37 Å². The molecule has 0 aromatic carbocycles. The van der Waals surface area contributed by atoms with Gasteiger partial charge in [0.05, 0.1) is 0 Å². The van der Waals surface area contributed by atoms with E-state index in [0.717, 1.165) is 0 Å². The maximum atomic E-state index is 11.3. The van der Waals surface area contributed by atoms with Crippen LogP contribution in [0.3, 0.4) is 0 Å². The first-order chi connectivity index (χ1) is 5.33. The minimum Gasteiger partial charge on any atom is -0.353 e. The van der Waals surface area contributed by atoms with Crippen molar-refractivity contribution in [2.45, 2.75) is 19.4 Å². The zero-order chi connectivity index (χ0) is 9.83. The molecular weight excluding hydrogens is 175 g/mol. The SMILES string of the molecule is C#CC(C)(C)OCP(C)(=O)OC. The maximum Gasteiger partial charge on any atom is 0.224 e. The van der Waals surface area contributed by atoms with Gasteiger partial charge in [-0.3, -0.25) is 4.57 Å². The second kappa shape index (κ2) is 4.09. The van der Waals surface area contributed by atoms with E-state index in [1.165, 1.54) is 13.8 Å². The summed E-state index contributed by atoms with van der Waals surface area (Å²) in [5.74, 6) is 2.44. The van der Waals surface area contributed by atoms with E-state index in [9.17, 15) is 4.57 Å². The molecule has 3 nitrogen and oxygen atoms in total. The molecule has 0 aromatic heterocycles. The van der Waals surface area contributed by atoms with E-state index in [1.54, 1.807) is 13.8 Å². The van der Waals surface area contributed by atoms with Crippen molar-refractivity contribution in [2.24, 2.45) is 0 Å². The Morgan fingerprint density at radius 1 is 1.58 bits per heavy atom. The summed E-state index contributed by atoms with van der Waals surface area (Å²) in [6.45, 7) is 4.99. The zero-order valence-electron chi connectivity index (χ0n) is 7.96. The van der Waals surface area contributed by atoms with Gasteiger partial charge >= 0.3 is 0 Å². The molecule has 0 bridgehead atoms. The van der Waals surface area contributed by atoms with Crippen molar-refractivity contribution >= 4 is 7.37 Å². The van der Waals surface area contributed by atoms with Gasteiger partial charge in [0.25, 0.3) is 0 Å². The van der Waals surface area contributed by atoms with Crippen molar-refractivity contribution in [3.05, 3.63) is 0 Å². The van der Waals surface area contributed by atoms with Crippen LogP contribution in [0.15, 0.2) is 0 Å². The second-order valence-electron chi connectivity index (χ2n) is 3.12. The highest BCUT2D eigenvalue weighted by Crippen LogP contribution is 2.42. The first-order valence-electron chi connectivity index (χ1n) is 3.57. The van der Waals surface area contributed by atoms with Gasteiger partial charge in [0.1, 0.15) is 11.9 Å². The molecule has 0 radical (unpaired) electrons. The third kappa shape index (κ3) is 4.56. The first-order valence-corrected chi connectivity index (χ1v) is 5.83. The Balaban J connectivity index is 4.02. The molecule has 0 saturated heterocycles. The number of hydrogen-bond donors (Lipinski definition) is 0. The minimum atomic E-state index is -2.60. The average Bonchev–Trinajstić information content (AvgIpc) is 2.02. The van der Waals surface area contributed by atoms with Crippen LogP contribution >= 0.6 is 7.37 Å². The standard InChI is InChI=1S/C8H15O3P/c1-6-8(2,3)11-7-12(5,9)10-4/h1H,7H2,2-5H3. The summed E-state index contributed by atoms with van der Waals surface area (Å²) in [5, 5.41) is 0. The zero-order valence-corrected chi connectivity index (χ0v) is 8.85. The quantitative estimate of drug-likeness (QED) is 0.502. The molecule has 12 heavy (non-hydrogen) atoms. The van der Waals surface area contributed by atoms with Crippen LogP contribution < -0.4 is 0 Å². The van der Waals surface area contributed by atoms with Gasteiger partial charge in [0.15, 0.2) is 0 Å². The predicted molar refractivity (Wildman–Crippen MR) is 49.4 cm³/mol. The smallest absolute Gasteiger partial charge is 0.224 e. The summed E-state index contributed by atoms with van der Waals surface area (Å²) in [6.07, 6.45) is 5.23. The van der Waals surface area contributed by atoms with Gasteiger partial charge in [0, 0.05) is 13.8 Å². The number of terminal acetylenes is 1. The molecular formula is C8H15O3P. The Bertz CT molecular complexity index is 227. The molecule has 0 spiro atoms. The first kappa shape index (κ1) is 11.7. The lowest BCUT2D eigenvalue weighted by atomic mass is 10.2. The second-order valence-corrected chi connectivity index (χ2v) is 5.78. The Morgan fingerprint density at radius 2 is 2.08 bits per heavy atom. The molecule has 0 aliphatic rings. The van der Waals surface area contributed by atoms with E-state index in [1.807, 2.05) is 0 Å². The Hall–Kier alpha value is -0.290. The lowest BCUT2D eigenvalue weighted by Crippen LogP contribution is -2.22. The van der Waals surface area contributed by atoms with Crippen molar-refractivity contribution in [3.63, 3.8) is 0 Å². The molecule has 0 aliphatic carbocycles. The molecule has 0 amide bonds. The van der Waals surface area contributed by atoms with Crippen molar-refractivity contribution in [1.29, 1.82) is 0 Å². The maximum absolute atomic E-state index is 11.3. The third-order valence-electron chi connectivity index (χ3n) is 1.39. The molecule has 1 unspecified atom stereocenters.